The molecule has 0 aliphatic carbocycles. The normalized spacial score (nSPS) is 10.5. The summed E-state index contributed by atoms with van der Waals surface area (Å²) in [5.41, 5.74) is 3.13. The molecule has 1 heterocycles. The molecule has 1 N–H and O–H groups in total. The van der Waals surface area contributed by atoms with E-state index in [0.29, 0.717) is 23.4 Å². The van der Waals surface area contributed by atoms with Crippen molar-refractivity contribution in [1.82, 2.24) is 9.78 Å². The minimum atomic E-state index is -0.325. The van der Waals surface area contributed by atoms with Crippen molar-refractivity contribution < 1.29 is 14.3 Å². The summed E-state index contributed by atoms with van der Waals surface area (Å²) in [6.07, 6.45) is 4.45. The van der Waals surface area contributed by atoms with Gasteiger partial charge in [-0.25, -0.2) is 4.68 Å². The predicted molar refractivity (Wildman–Crippen MR) is 118 cm³/mol. The zero-order valence-electron chi connectivity index (χ0n) is 16.8. The molecule has 0 aliphatic rings. The third-order valence-corrected chi connectivity index (χ3v) is 4.65. The molecule has 0 fully saturated rings. The van der Waals surface area contributed by atoms with Gasteiger partial charge in [-0.15, -0.1) is 0 Å². The number of carbonyl (C=O) groups excluding carboxylic acids is 2. The molecule has 0 saturated heterocycles. The van der Waals surface area contributed by atoms with Crippen molar-refractivity contribution in [3.63, 3.8) is 0 Å². The number of amides is 1. The highest BCUT2D eigenvalue weighted by molar-refractivity contribution is 6.04. The van der Waals surface area contributed by atoms with E-state index in [0.717, 1.165) is 11.3 Å². The maximum absolute atomic E-state index is 12.2. The minimum absolute atomic E-state index is 0.193. The van der Waals surface area contributed by atoms with Crippen LogP contribution in [0.3, 0.4) is 0 Å². The molecule has 4 aromatic rings. The van der Waals surface area contributed by atoms with Crippen molar-refractivity contribution in [3.8, 4) is 11.4 Å². The van der Waals surface area contributed by atoms with Gasteiger partial charge in [0.1, 0.15) is 5.75 Å². The van der Waals surface area contributed by atoms with E-state index in [4.69, 9.17) is 4.74 Å². The van der Waals surface area contributed by atoms with Crippen molar-refractivity contribution in [2.45, 2.75) is 12.8 Å². The number of para-hydroxylation sites is 1. The SMILES string of the molecule is O=C(CCc1cnn(-c2ccccc2)c1)Oc1ccc(NC(=O)c2ccccc2)cc1. The first-order valence-electron chi connectivity index (χ1n) is 9.93. The van der Waals surface area contributed by atoms with E-state index >= 15 is 0 Å². The number of carbonyl (C=O) groups is 2. The van der Waals surface area contributed by atoms with Crippen LogP contribution in [-0.4, -0.2) is 21.7 Å². The van der Waals surface area contributed by atoms with Crippen LogP contribution in [0.4, 0.5) is 5.69 Å². The molecule has 1 aromatic heterocycles. The largest absolute Gasteiger partial charge is 0.427 e. The van der Waals surface area contributed by atoms with Crippen molar-refractivity contribution in [1.29, 1.82) is 0 Å². The molecule has 0 unspecified atom stereocenters. The van der Waals surface area contributed by atoms with Crippen LogP contribution in [-0.2, 0) is 11.2 Å². The van der Waals surface area contributed by atoms with Gasteiger partial charge in [-0.1, -0.05) is 36.4 Å². The molecule has 0 spiro atoms. The maximum atomic E-state index is 12.2. The van der Waals surface area contributed by atoms with Crippen LogP contribution in [0, 0.1) is 0 Å². The first-order chi connectivity index (χ1) is 15.2. The van der Waals surface area contributed by atoms with Crippen LogP contribution in [0.2, 0.25) is 0 Å². The number of ether oxygens (including phenoxy) is 1. The van der Waals surface area contributed by atoms with E-state index in [-0.39, 0.29) is 18.3 Å². The van der Waals surface area contributed by atoms with Crippen molar-refractivity contribution >= 4 is 17.6 Å². The summed E-state index contributed by atoms with van der Waals surface area (Å²) in [7, 11) is 0. The maximum Gasteiger partial charge on any atom is 0.311 e. The summed E-state index contributed by atoms with van der Waals surface area (Å²) in [5.74, 6) is -0.0855. The number of anilines is 1. The fourth-order valence-corrected chi connectivity index (χ4v) is 3.04. The molecule has 0 atom stereocenters. The van der Waals surface area contributed by atoms with Gasteiger partial charge in [-0.2, -0.15) is 5.10 Å². The lowest BCUT2D eigenvalue weighted by Crippen LogP contribution is -2.12. The van der Waals surface area contributed by atoms with Crippen molar-refractivity contribution in [2.75, 3.05) is 5.32 Å². The molecular weight excluding hydrogens is 390 g/mol. The topological polar surface area (TPSA) is 73.2 Å². The second kappa shape index (κ2) is 9.54. The van der Waals surface area contributed by atoms with Gasteiger partial charge in [-0.05, 0) is 60.5 Å². The molecule has 0 saturated carbocycles. The second-order valence-electron chi connectivity index (χ2n) is 6.95. The number of nitrogens with one attached hydrogen (secondary N) is 1. The number of hydrogen-bond acceptors (Lipinski definition) is 4. The van der Waals surface area contributed by atoms with E-state index in [2.05, 4.69) is 10.4 Å². The van der Waals surface area contributed by atoms with E-state index in [1.54, 1.807) is 47.3 Å². The average molecular weight is 411 g/mol. The summed E-state index contributed by atoms with van der Waals surface area (Å²) in [5, 5.41) is 7.15. The molecule has 31 heavy (non-hydrogen) atoms. The number of aromatic nitrogens is 2. The van der Waals surface area contributed by atoms with Gasteiger partial charge in [0, 0.05) is 17.4 Å². The second-order valence-corrected chi connectivity index (χ2v) is 6.95. The Morgan fingerprint density at radius 3 is 2.26 bits per heavy atom. The van der Waals surface area contributed by atoms with E-state index in [1.807, 2.05) is 54.7 Å². The zero-order valence-corrected chi connectivity index (χ0v) is 16.8. The van der Waals surface area contributed by atoms with Crippen LogP contribution < -0.4 is 10.1 Å². The fraction of sp³-hybridized carbons (Fsp3) is 0.0800. The Labute approximate surface area is 180 Å². The Kier molecular flexibility index (Phi) is 6.18. The third kappa shape index (κ3) is 5.45. The van der Waals surface area contributed by atoms with Gasteiger partial charge in [0.2, 0.25) is 0 Å². The predicted octanol–water partition coefficient (Wildman–Crippen LogP) is 4.66. The van der Waals surface area contributed by atoms with Crippen LogP contribution in [0.1, 0.15) is 22.3 Å². The van der Waals surface area contributed by atoms with Gasteiger partial charge in [0.05, 0.1) is 18.3 Å². The molecule has 0 bridgehead atoms. The first-order valence-corrected chi connectivity index (χ1v) is 9.93. The summed E-state index contributed by atoms with van der Waals surface area (Å²) in [6.45, 7) is 0. The van der Waals surface area contributed by atoms with Gasteiger partial charge in [-0.3, -0.25) is 9.59 Å². The van der Waals surface area contributed by atoms with Crippen LogP contribution >= 0.6 is 0 Å². The van der Waals surface area contributed by atoms with Crippen molar-refractivity contribution in [2.24, 2.45) is 0 Å². The monoisotopic (exact) mass is 411 g/mol. The van der Waals surface area contributed by atoms with E-state index in [1.165, 1.54) is 0 Å². The summed E-state index contributed by atoms with van der Waals surface area (Å²) >= 11 is 0. The standard InChI is InChI=1S/C25H21N3O3/c29-24(16-11-19-17-26-28(18-19)22-9-5-2-6-10-22)31-23-14-12-21(13-15-23)27-25(30)20-7-3-1-4-8-20/h1-10,12-15,17-18H,11,16H2,(H,27,30). The quantitative estimate of drug-likeness (QED) is 0.355. The Balaban J connectivity index is 1.27. The Morgan fingerprint density at radius 1 is 0.871 bits per heavy atom. The molecule has 154 valence electrons. The lowest BCUT2D eigenvalue weighted by atomic mass is 10.2. The Hall–Kier alpha value is -4.19. The molecule has 3 aromatic carbocycles. The Bertz CT molecular complexity index is 1150. The van der Waals surface area contributed by atoms with Crippen LogP contribution in [0.25, 0.3) is 5.69 Å². The number of hydrogen-bond donors (Lipinski definition) is 1. The highest BCUT2D eigenvalue weighted by atomic mass is 16.5. The number of rotatable bonds is 7. The van der Waals surface area contributed by atoms with E-state index < -0.39 is 0 Å². The third-order valence-electron chi connectivity index (χ3n) is 4.65. The summed E-state index contributed by atoms with van der Waals surface area (Å²) in [4.78, 5) is 24.4. The molecule has 1 amide bonds. The molecule has 0 radical (unpaired) electrons. The van der Waals surface area contributed by atoms with Crippen molar-refractivity contribution in [3.05, 3.63) is 108 Å². The summed E-state index contributed by atoms with van der Waals surface area (Å²) in [6, 6.07) is 25.5. The molecule has 6 heteroatoms. The Morgan fingerprint density at radius 2 is 1.55 bits per heavy atom. The van der Waals surface area contributed by atoms with Crippen LogP contribution in [0.15, 0.2) is 97.3 Å². The first kappa shape index (κ1) is 20.1. The number of aryl methyl sites for hydroxylation is 1. The molecular formula is C25H21N3O3. The van der Waals surface area contributed by atoms with E-state index in [9.17, 15) is 9.59 Å². The fourth-order valence-electron chi connectivity index (χ4n) is 3.04. The molecule has 4 rings (SSSR count). The lowest BCUT2D eigenvalue weighted by Gasteiger charge is -2.07. The lowest BCUT2D eigenvalue weighted by molar-refractivity contribution is -0.134. The minimum Gasteiger partial charge on any atom is -0.427 e. The number of esters is 1. The number of benzene rings is 3. The highest BCUT2D eigenvalue weighted by Gasteiger charge is 2.09. The highest BCUT2D eigenvalue weighted by Crippen LogP contribution is 2.18. The van der Waals surface area contributed by atoms with Gasteiger partial charge in [0.15, 0.2) is 0 Å². The number of nitrogens with zero attached hydrogens (tertiary/aromatic N) is 2. The molecule has 6 nitrogen and oxygen atoms in total. The van der Waals surface area contributed by atoms with Gasteiger partial charge in [0.25, 0.3) is 5.91 Å². The zero-order chi connectivity index (χ0) is 21.5. The van der Waals surface area contributed by atoms with Crippen LogP contribution in [0.5, 0.6) is 5.75 Å². The van der Waals surface area contributed by atoms with Gasteiger partial charge >= 0.3 is 5.97 Å². The van der Waals surface area contributed by atoms with Gasteiger partial charge < -0.3 is 10.1 Å². The summed E-state index contributed by atoms with van der Waals surface area (Å²) < 4.78 is 7.17. The molecule has 0 aliphatic heterocycles. The smallest absolute Gasteiger partial charge is 0.311 e. The average Bonchev–Trinajstić information content (AvgIpc) is 3.29.